The Morgan fingerprint density at radius 3 is 2.61 bits per heavy atom. The van der Waals surface area contributed by atoms with Crippen LogP contribution in [0.1, 0.15) is 73.5 Å². The van der Waals surface area contributed by atoms with Crippen LogP contribution in [0, 0.1) is 30.1 Å². The van der Waals surface area contributed by atoms with Crippen molar-refractivity contribution < 1.29 is 28.3 Å². The minimum atomic E-state index is -1.28. The third-order valence-electron chi connectivity index (χ3n) is 9.06. The molecule has 5 heterocycles. The number of nitriles is 1. The molecule has 12 heteroatoms. The molecule has 236 valence electrons. The fourth-order valence-corrected chi connectivity index (χ4v) is 6.61. The first kappa shape index (κ1) is 29.6. The number of carbonyl (C=O) groups is 2. The maximum absolute atomic E-state index is 13.9. The molecule has 1 unspecified atom stereocenters. The molecule has 46 heavy (non-hydrogen) atoms. The van der Waals surface area contributed by atoms with E-state index in [0.717, 1.165) is 22.4 Å². The summed E-state index contributed by atoms with van der Waals surface area (Å²) in [6.45, 7) is 8.97. The van der Waals surface area contributed by atoms with Gasteiger partial charge in [0, 0.05) is 17.7 Å². The molecule has 4 N–H and O–H groups in total. The predicted molar refractivity (Wildman–Crippen MR) is 164 cm³/mol. The van der Waals surface area contributed by atoms with Gasteiger partial charge in [-0.05, 0) is 42.0 Å². The molecule has 3 aliphatic heterocycles. The molecule has 0 radical (unpaired) electrons. The van der Waals surface area contributed by atoms with Crippen LogP contribution in [0.2, 0.25) is 0 Å². The van der Waals surface area contributed by atoms with Crippen LogP contribution in [0.4, 0.5) is 5.69 Å². The first-order chi connectivity index (χ1) is 22.0. The summed E-state index contributed by atoms with van der Waals surface area (Å²) in [7, 11) is 0. The first-order valence-electron chi connectivity index (χ1n) is 15.4. The van der Waals surface area contributed by atoms with E-state index in [4.69, 9.17) is 18.6 Å². The molecule has 2 aromatic heterocycles. The quantitative estimate of drug-likeness (QED) is 0.256. The van der Waals surface area contributed by atoms with Gasteiger partial charge >= 0.3 is 0 Å². The number of rotatable bonds is 5. The summed E-state index contributed by atoms with van der Waals surface area (Å²) >= 11 is 0. The Morgan fingerprint density at radius 2 is 1.89 bits per heavy atom. The number of hydrogen-bond acceptors (Lipinski definition) is 10. The highest BCUT2D eigenvalue weighted by Crippen LogP contribution is 2.59. The second-order valence-electron chi connectivity index (χ2n) is 12.8. The Kier molecular flexibility index (Phi) is 6.90. The first-order valence-corrected chi connectivity index (χ1v) is 15.4. The van der Waals surface area contributed by atoms with Crippen LogP contribution in [0.5, 0.6) is 5.75 Å². The third-order valence-corrected chi connectivity index (χ3v) is 9.06. The maximum atomic E-state index is 13.9. The van der Waals surface area contributed by atoms with Gasteiger partial charge in [-0.15, -0.1) is 0 Å². The molecule has 3 aliphatic rings. The highest BCUT2D eigenvalue weighted by Gasteiger charge is 2.61. The summed E-state index contributed by atoms with van der Waals surface area (Å²) in [4.78, 5) is 36.4. The Hall–Kier alpha value is -5.15. The number of benzene rings is 2. The normalized spacial score (nSPS) is 23.3. The summed E-state index contributed by atoms with van der Waals surface area (Å²) in [6, 6.07) is 13.8. The van der Waals surface area contributed by atoms with Gasteiger partial charge in [0.15, 0.2) is 23.4 Å². The number of nitrogens with one attached hydrogen (secondary N) is 3. The zero-order valence-electron chi connectivity index (χ0n) is 26.0. The van der Waals surface area contributed by atoms with Crippen LogP contribution < -0.4 is 20.7 Å². The van der Waals surface area contributed by atoms with E-state index in [1.54, 1.807) is 20.8 Å². The maximum Gasteiger partial charge on any atom is 0.250 e. The number of oxazole rings is 2. The Morgan fingerprint density at radius 1 is 1.11 bits per heavy atom. The smallest absolute Gasteiger partial charge is 0.250 e. The molecule has 2 aromatic carbocycles. The average molecular weight is 623 g/mol. The lowest BCUT2D eigenvalue weighted by atomic mass is 9.72. The number of hydrogen-bond donors (Lipinski definition) is 4. The van der Waals surface area contributed by atoms with Crippen molar-refractivity contribution in [3.63, 3.8) is 0 Å². The van der Waals surface area contributed by atoms with Crippen LogP contribution in [0.3, 0.4) is 0 Å². The number of ether oxygens (including phenoxy) is 1. The predicted octanol–water partition coefficient (Wildman–Crippen LogP) is 3.86. The molecular formula is C34H34N6O6. The molecule has 4 aromatic rings. The number of aliphatic hydroxyl groups is 1. The van der Waals surface area contributed by atoms with Gasteiger partial charge in [0.1, 0.15) is 41.2 Å². The number of aliphatic hydroxyl groups excluding tert-OH is 1. The number of amides is 2. The lowest BCUT2D eigenvalue weighted by Crippen LogP contribution is -2.52. The van der Waals surface area contributed by atoms with Crippen LogP contribution in [-0.4, -0.2) is 45.3 Å². The molecule has 12 nitrogen and oxygen atoms in total. The van der Waals surface area contributed by atoms with Crippen LogP contribution in [-0.2, 0) is 21.4 Å². The molecule has 7 rings (SSSR count). The molecule has 5 atom stereocenters. The van der Waals surface area contributed by atoms with E-state index in [9.17, 15) is 20.0 Å². The second-order valence-corrected chi connectivity index (χ2v) is 12.8. The molecule has 0 aliphatic carbocycles. The van der Waals surface area contributed by atoms with Crippen molar-refractivity contribution in [2.75, 3.05) is 5.32 Å². The van der Waals surface area contributed by atoms with E-state index in [1.165, 1.54) is 0 Å². The SMILES string of the molecule is Cc1oc(-c2nc3oc2C24c5ccccc5N[C@H]2Oc2ccc(cc24)C[C@H](NC(=O)[C@@H](O)C(C)C)C(=O)N[C@H]3C(C)C)nc1C#N. The lowest BCUT2D eigenvalue weighted by Gasteiger charge is -2.29. The number of para-hydroxylation sites is 1. The largest absolute Gasteiger partial charge is 0.469 e. The number of anilines is 1. The van der Waals surface area contributed by atoms with Crippen LogP contribution in [0.25, 0.3) is 11.6 Å². The number of fused-ring (bicyclic) bond motifs is 4. The summed E-state index contributed by atoms with van der Waals surface area (Å²) in [5, 5.41) is 29.5. The molecule has 0 fully saturated rings. The van der Waals surface area contributed by atoms with Crippen molar-refractivity contribution in [3.05, 3.63) is 82.3 Å². The van der Waals surface area contributed by atoms with Crippen molar-refractivity contribution in [1.29, 1.82) is 5.26 Å². The molecule has 1 spiro atoms. The Bertz CT molecular complexity index is 1920. The van der Waals surface area contributed by atoms with E-state index in [-0.39, 0.29) is 41.4 Å². The number of aromatic nitrogens is 2. The van der Waals surface area contributed by atoms with Gasteiger partial charge in [-0.2, -0.15) is 10.2 Å². The van der Waals surface area contributed by atoms with Gasteiger partial charge in [0.05, 0.1) is 0 Å². The Balaban J connectivity index is 1.49. The number of carbonyl (C=O) groups excluding carboxylic acids is 2. The summed E-state index contributed by atoms with van der Waals surface area (Å²) in [6.07, 6.45) is -1.76. The van der Waals surface area contributed by atoms with E-state index in [2.05, 4.69) is 27.0 Å². The summed E-state index contributed by atoms with van der Waals surface area (Å²) in [5.41, 5.74) is 2.62. The third kappa shape index (κ3) is 4.37. The standard InChI is InChI=1S/C34H34N6O6/c1-15(2)25-31-40-26(32-37-23(14-35)17(5)44-32)28(46-31)34-19-8-6-7-9-21(19)38-33(34)45-24-11-10-18(12-20(24)34)13-22(29(42)39-25)36-30(43)27(41)16(3)4/h6-12,15-16,22,25,27,33,38,41H,13H2,1-5H3,(H,36,43)(H,39,42)/t22-,25-,27-,33-,34?/m0/s1. The van der Waals surface area contributed by atoms with Gasteiger partial charge in [-0.1, -0.05) is 58.0 Å². The van der Waals surface area contributed by atoms with Crippen molar-refractivity contribution in [2.45, 2.75) is 70.9 Å². The lowest BCUT2D eigenvalue weighted by molar-refractivity contribution is -0.135. The number of nitrogens with zero attached hydrogens (tertiary/aromatic N) is 3. The van der Waals surface area contributed by atoms with Gasteiger partial charge < -0.3 is 34.6 Å². The summed E-state index contributed by atoms with van der Waals surface area (Å²) in [5.74, 6) is 0.0380. The van der Waals surface area contributed by atoms with Gasteiger partial charge in [0.25, 0.3) is 0 Å². The minimum Gasteiger partial charge on any atom is -0.469 e. The fourth-order valence-electron chi connectivity index (χ4n) is 6.61. The highest BCUT2D eigenvalue weighted by atomic mass is 16.5. The molecule has 2 amide bonds. The fraction of sp³-hybridized carbons (Fsp3) is 0.382. The average Bonchev–Trinajstić information content (AvgIpc) is 3.77. The van der Waals surface area contributed by atoms with E-state index < -0.39 is 41.6 Å². The van der Waals surface area contributed by atoms with Crippen LogP contribution >= 0.6 is 0 Å². The van der Waals surface area contributed by atoms with Crippen molar-refractivity contribution in [1.82, 2.24) is 20.6 Å². The monoisotopic (exact) mass is 622 g/mol. The van der Waals surface area contributed by atoms with Gasteiger partial charge in [0.2, 0.25) is 23.6 Å². The van der Waals surface area contributed by atoms with Crippen LogP contribution in [0.15, 0.2) is 51.3 Å². The molecule has 0 saturated heterocycles. The zero-order valence-corrected chi connectivity index (χ0v) is 26.0. The number of aryl methyl sites for hydroxylation is 1. The topological polar surface area (TPSA) is 176 Å². The van der Waals surface area contributed by atoms with Crippen molar-refractivity contribution in [3.8, 4) is 23.4 Å². The van der Waals surface area contributed by atoms with Gasteiger partial charge in [-0.3, -0.25) is 9.59 Å². The summed E-state index contributed by atoms with van der Waals surface area (Å²) < 4.78 is 19.3. The van der Waals surface area contributed by atoms with E-state index in [0.29, 0.717) is 17.3 Å². The van der Waals surface area contributed by atoms with Gasteiger partial charge in [-0.25, -0.2) is 4.98 Å². The van der Waals surface area contributed by atoms with Crippen molar-refractivity contribution in [2.24, 2.45) is 11.8 Å². The van der Waals surface area contributed by atoms with Crippen molar-refractivity contribution >= 4 is 17.5 Å². The molecule has 0 saturated carbocycles. The van der Waals surface area contributed by atoms with E-state index >= 15 is 0 Å². The highest BCUT2D eigenvalue weighted by molar-refractivity contribution is 5.90. The molecular weight excluding hydrogens is 588 g/mol. The van der Waals surface area contributed by atoms with E-state index in [1.807, 2.05) is 56.3 Å². The molecule has 4 bridgehead atoms. The minimum absolute atomic E-state index is 0.109. The zero-order chi connectivity index (χ0) is 32.5. The second kappa shape index (κ2) is 10.7. The Labute approximate surface area is 265 Å².